The van der Waals surface area contributed by atoms with E-state index >= 15 is 0 Å². The van der Waals surface area contributed by atoms with E-state index in [4.69, 9.17) is 9.47 Å². The molecule has 1 atom stereocenters. The number of quaternary nitrogens is 1. The van der Waals surface area contributed by atoms with Crippen molar-refractivity contribution in [1.82, 2.24) is 0 Å². The Morgan fingerprint density at radius 3 is 2.27 bits per heavy atom. The molecule has 5 rings (SSSR count). The molecule has 2 aliphatic rings. The number of allylic oxidation sites excluding steroid dienone is 1. The van der Waals surface area contributed by atoms with Gasteiger partial charge in [-0.2, -0.15) is 0 Å². The topological polar surface area (TPSA) is 22.9 Å². The lowest BCUT2D eigenvalue weighted by Gasteiger charge is -2.31. The zero-order chi connectivity index (χ0) is 22.8. The first-order chi connectivity index (χ1) is 16.1. The van der Waals surface area contributed by atoms with Crippen molar-refractivity contribution in [3.8, 4) is 11.5 Å². The molecule has 0 radical (unpaired) electrons. The summed E-state index contributed by atoms with van der Waals surface area (Å²) in [5.41, 5.74) is 8.52. The van der Waals surface area contributed by atoms with Gasteiger partial charge in [-0.3, -0.25) is 0 Å². The molecule has 1 saturated heterocycles. The standard InChI is InChI=1S/C30H33NO2/c1-21-6-9-24(10-7-21)29-23(3)27-15-8-22(2)20-28(27)33-30(29)25-11-13-26(14-12-25)32-19-18-31-16-4-5-17-31/h6-15,20,30H,4-5,16-19H2,1-3H3/p+1. The van der Waals surface area contributed by atoms with Crippen LogP contribution in [0.5, 0.6) is 11.5 Å². The molecule has 33 heavy (non-hydrogen) atoms. The molecule has 3 aromatic rings. The van der Waals surface area contributed by atoms with Gasteiger partial charge in [0.25, 0.3) is 0 Å². The van der Waals surface area contributed by atoms with Gasteiger partial charge in [0.1, 0.15) is 30.8 Å². The second kappa shape index (κ2) is 9.44. The average molecular weight is 441 g/mol. The van der Waals surface area contributed by atoms with Crippen LogP contribution < -0.4 is 14.4 Å². The summed E-state index contributed by atoms with van der Waals surface area (Å²) < 4.78 is 12.7. The molecule has 0 saturated carbocycles. The van der Waals surface area contributed by atoms with Crippen molar-refractivity contribution in [3.63, 3.8) is 0 Å². The Morgan fingerprint density at radius 2 is 1.55 bits per heavy atom. The van der Waals surface area contributed by atoms with E-state index in [1.54, 1.807) is 4.90 Å². The maximum absolute atomic E-state index is 6.65. The number of aryl methyl sites for hydroxylation is 2. The third kappa shape index (κ3) is 4.69. The maximum Gasteiger partial charge on any atom is 0.150 e. The van der Waals surface area contributed by atoms with Crippen LogP contribution in [0.4, 0.5) is 0 Å². The minimum Gasteiger partial charge on any atom is -0.488 e. The van der Waals surface area contributed by atoms with Crippen LogP contribution in [0.25, 0.3) is 11.1 Å². The highest BCUT2D eigenvalue weighted by Crippen LogP contribution is 2.46. The van der Waals surface area contributed by atoms with Crippen molar-refractivity contribution in [2.45, 2.75) is 39.7 Å². The lowest BCUT2D eigenvalue weighted by Crippen LogP contribution is -3.10. The lowest BCUT2D eigenvalue weighted by molar-refractivity contribution is -0.887. The summed E-state index contributed by atoms with van der Waals surface area (Å²) >= 11 is 0. The summed E-state index contributed by atoms with van der Waals surface area (Å²) in [7, 11) is 0. The molecule has 3 heteroatoms. The molecule has 170 valence electrons. The van der Waals surface area contributed by atoms with Gasteiger partial charge in [-0.1, -0.05) is 54.1 Å². The van der Waals surface area contributed by atoms with Crippen molar-refractivity contribution in [1.29, 1.82) is 0 Å². The van der Waals surface area contributed by atoms with Gasteiger partial charge in [0.05, 0.1) is 13.1 Å². The van der Waals surface area contributed by atoms with Crippen LogP contribution in [0.15, 0.2) is 66.7 Å². The van der Waals surface area contributed by atoms with E-state index in [0.717, 1.165) is 30.2 Å². The van der Waals surface area contributed by atoms with E-state index in [1.807, 2.05) is 0 Å². The van der Waals surface area contributed by atoms with E-state index in [-0.39, 0.29) is 6.10 Å². The van der Waals surface area contributed by atoms with Gasteiger partial charge in [-0.25, -0.2) is 0 Å². The van der Waals surface area contributed by atoms with E-state index in [0.29, 0.717) is 0 Å². The maximum atomic E-state index is 6.65. The van der Waals surface area contributed by atoms with E-state index in [2.05, 4.69) is 87.5 Å². The molecule has 0 amide bonds. The predicted octanol–water partition coefficient (Wildman–Crippen LogP) is 5.43. The molecule has 0 bridgehead atoms. The number of hydrogen-bond donors (Lipinski definition) is 1. The predicted molar refractivity (Wildman–Crippen MR) is 135 cm³/mol. The fourth-order valence-electron chi connectivity index (χ4n) is 5.08. The first kappa shape index (κ1) is 21.8. The third-order valence-electron chi connectivity index (χ3n) is 7.03. The quantitative estimate of drug-likeness (QED) is 0.553. The molecule has 3 aromatic carbocycles. The fourth-order valence-corrected chi connectivity index (χ4v) is 5.08. The first-order valence-electron chi connectivity index (χ1n) is 12.2. The summed E-state index contributed by atoms with van der Waals surface area (Å²) in [5, 5.41) is 0. The highest BCUT2D eigenvalue weighted by molar-refractivity contribution is 5.95. The van der Waals surface area contributed by atoms with Gasteiger partial charge in [-0.05, 0) is 61.2 Å². The molecule has 2 aliphatic heterocycles. The van der Waals surface area contributed by atoms with Crippen LogP contribution in [0.2, 0.25) is 0 Å². The lowest BCUT2D eigenvalue weighted by atomic mass is 9.85. The summed E-state index contributed by atoms with van der Waals surface area (Å²) in [4.78, 5) is 1.67. The second-order valence-electron chi connectivity index (χ2n) is 9.53. The molecule has 0 aliphatic carbocycles. The van der Waals surface area contributed by atoms with E-state index in [1.165, 1.54) is 59.3 Å². The van der Waals surface area contributed by atoms with Crippen LogP contribution in [0.1, 0.15) is 53.7 Å². The summed E-state index contributed by atoms with van der Waals surface area (Å²) in [5.74, 6) is 1.89. The van der Waals surface area contributed by atoms with Gasteiger partial charge in [0.2, 0.25) is 0 Å². The van der Waals surface area contributed by atoms with Crippen molar-refractivity contribution >= 4 is 11.1 Å². The van der Waals surface area contributed by atoms with Crippen LogP contribution in [-0.2, 0) is 0 Å². The molecular formula is C30H34NO2+. The fraction of sp³-hybridized carbons (Fsp3) is 0.333. The van der Waals surface area contributed by atoms with Crippen molar-refractivity contribution in [2.24, 2.45) is 0 Å². The Kier molecular flexibility index (Phi) is 6.24. The zero-order valence-corrected chi connectivity index (χ0v) is 20.0. The number of nitrogens with one attached hydrogen (secondary N) is 1. The Morgan fingerprint density at radius 1 is 0.848 bits per heavy atom. The smallest absolute Gasteiger partial charge is 0.150 e. The van der Waals surface area contributed by atoms with E-state index in [9.17, 15) is 0 Å². The minimum absolute atomic E-state index is 0.148. The highest BCUT2D eigenvalue weighted by Gasteiger charge is 2.29. The number of fused-ring (bicyclic) bond motifs is 1. The molecular weight excluding hydrogens is 406 g/mol. The van der Waals surface area contributed by atoms with Crippen LogP contribution in [0.3, 0.4) is 0 Å². The summed E-state index contributed by atoms with van der Waals surface area (Å²) in [6, 6.07) is 23.8. The van der Waals surface area contributed by atoms with Crippen LogP contribution in [-0.4, -0.2) is 26.2 Å². The monoisotopic (exact) mass is 440 g/mol. The highest BCUT2D eigenvalue weighted by atomic mass is 16.5. The summed E-state index contributed by atoms with van der Waals surface area (Å²) in [6.45, 7) is 10.9. The number of likely N-dealkylation sites (tertiary alicyclic amines) is 1. The number of hydrogen-bond acceptors (Lipinski definition) is 2. The average Bonchev–Trinajstić information content (AvgIpc) is 3.34. The Bertz CT molecular complexity index is 1140. The first-order valence-corrected chi connectivity index (χ1v) is 12.2. The molecule has 1 N–H and O–H groups in total. The number of ether oxygens (including phenoxy) is 2. The molecule has 3 nitrogen and oxygen atoms in total. The SMILES string of the molecule is CC1=C(c2ccc(C)cc2)C(c2ccc(OCC[NH+]3CCCC3)cc2)Oc2cc(C)ccc21. The largest absolute Gasteiger partial charge is 0.488 e. The molecule has 1 unspecified atom stereocenters. The van der Waals surface area contributed by atoms with Crippen molar-refractivity contribution < 1.29 is 14.4 Å². The van der Waals surface area contributed by atoms with Gasteiger partial charge in [0.15, 0.2) is 0 Å². The molecule has 0 spiro atoms. The number of benzene rings is 3. The van der Waals surface area contributed by atoms with Crippen LogP contribution >= 0.6 is 0 Å². The van der Waals surface area contributed by atoms with Crippen molar-refractivity contribution in [2.75, 3.05) is 26.2 Å². The van der Waals surface area contributed by atoms with Gasteiger partial charge in [-0.15, -0.1) is 0 Å². The van der Waals surface area contributed by atoms with Gasteiger partial charge < -0.3 is 14.4 Å². The van der Waals surface area contributed by atoms with Crippen molar-refractivity contribution in [3.05, 3.63) is 94.5 Å². The Hall–Kier alpha value is -3.04. The Labute approximate surface area is 197 Å². The molecule has 0 aromatic heterocycles. The molecule has 2 heterocycles. The van der Waals surface area contributed by atoms with Crippen LogP contribution in [0, 0.1) is 13.8 Å². The number of rotatable bonds is 6. The Balaban J connectivity index is 1.42. The third-order valence-corrected chi connectivity index (χ3v) is 7.03. The second-order valence-corrected chi connectivity index (χ2v) is 9.53. The molecule has 1 fully saturated rings. The normalized spacial score (nSPS) is 18.2. The van der Waals surface area contributed by atoms with Gasteiger partial charge in [0, 0.05) is 24.0 Å². The minimum atomic E-state index is -0.148. The van der Waals surface area contributed by atoms with E-state index < -0.39 is 0 Å². The van der Waals surface area contributed by atoms with Gasteiger partial charge >= 0.3 is 0 Å². The zero-order valence-electron chi connectivity index (χ0n) is 20.0. The summed E-state index contributed by atoms with van der Waals surface area (Å²) in [6.07, 6.45) is 2.55.